The van der Waals surface area contributed by atoms with Crippen LogP contribution in [0.1, 0.15) is 10.4 Å². The zero-order valence-corrected chi connectivity index (χ0v) is 13.7. The third kappa shape index (κ3) is 2.65. The van der Waals surface area contributed by atoms with Crippen LogP contribution in [0.15, 0.2) is 59.0 Å². The van der Waals surface area contributed by atoms with Gasteiger partial charge in [-0.1, -0.05) is 18.2 Å². The topological polar surface area (TPSA) is 51.5 Å². The van der Waals surface area contributed by atoms with Gasteiger partial charge in [-0.2, -0.15) is 0 Å². The first-order chi connectivity index (χ1) is 12.6. The molecule has 0 saturated heterocycles. The fourth-order valence-corrected chi connectivity index (χ4v) is 2.88. The van der Waals surface area contributed by atoms with E-state index in [0.717, 1.165) is 29.0 Å². The minimum absolute atomic E-state index is 0.299. The highest BCUT2D eigenvalue weighted by molar-refractivity contribution is 6.10. The number of fused-ring (bicyclic) bond motifs is 3. The SMILES string of the molecule is COc1cc2c(cc1NC(=O)c1cc(F)ccc1F)oc1ccccc12. The van der Waals surface area contributed by atoms with Crippen LogP contribution in [-0.4, -0.2) is 13.0 Å². The third-order valence-electron chi connectivity index (χ3n) is 4.12. The van der Waals surface area contributed by atoms with E-state index in [2.05, 4.69) is 5.32 Å². The Kier molecular flexibility index (Phi) is 3.80. The maximum absolute atomic E-state index is 13.8. The molecular formula is C20H13F2NO3. The molecule has 3 aromatic carbocycles. The normalized spacial score (nSPS) is 11.0. The molecule has 1 amide bonds. The van der Waals surface area contributed by atoms with E-state index < -0.39 is 23.1 Å². The lowest BCUT2D eigenvalue weighted by Gasteiger charge is -2.11. The summed E-state index contributed by atoms with van der Waals surface area (Å²) in [7, 11) is 1.46. The van der Waals surface area contributed by atoms with Crippen LogP contribution < -0.4 is 10.1 Å². The maximum Gasteiger partial charge on any atom is 0.258 e. The maximum atomic E-state index is 13.8. The second kappa shape index (κ2) is 6.15. The van der Waals surface area contributed by atoms with Crippen molar-refractivity contribution in [2.45, 2.75) is 0 Å². The predicted molar refractivity (Wildman–Crippen MR) is 94.6 cm³/mol. The van der Waals surface area contributed by atoms with Gasteiger partial charge in [-0.05, 0) is 30.3 Å². The van der Waals surface area contributed by atoms with Crippen LogP contribution in [0.5, 0.6) is 5.75 Å². The van der Waals surface area contributed by atoms with Gasteiger partial charge in [0.1, 0.15) is 28.5 Å². The molecule has 1 aromatic heterocycles. The Hall–Kier alpha value is -3.41. The number of furan rings is 1. The van der Waals surface area contributed by atoms with Crippen LogP contribution in [0.3, 0.4) is 0 Å². The number of nitrogens with one attached hydrogen (secondary N) is 1. The third-order valence-corrected chi connectivity index (χ3v) is 4.12. The Bertz CT molecular complexity index is 1150. The molecule has 0 fully saturated rings. The van der Waals surface area contributed by atoms with Gasteiger partial charge in [0.2, 0.25) is 0 Å². The van der Waals surface area contributed by atoms with Crippen molar-refractivity contribution in [2.75, 3.05) is 12.4 Å². The molecule has 0 saturated carbocycles. The first kappa shape index (κ1) is 16.1. The molecule has 4 nitrogen and oxygen atoms in total. The largest absolute Gasteiger partial charge is 0.495 e. The van der Waals surface area contributed by atoms with E-state index in [4.69, 9.17) is 9.15 Å². The van der Waals surface area contributed by atoms with Gasteiger partial charge in [0.25, 0.3) is 5.91 Å². The zero-order valence-electron chi connectivity index (χ0n) is 13.7. The molecule has 0 aliphatic heterocycles. The van der Waals surface area contributed by atoms with E-state index in [1.54, 1.807) is 12.1 Å². The highest BCUT2D eigenvalue weighted by Gasteiger charge is 2.17. The van der Waals surface area contributed by atoms with Gasteiger partial charge in [0, 0.05) is 16.8 Å². The number of hydrogen-bond acceptors (Lipinski definition) is 3. The van der Waals surface area contributed by atoms with Gasteiger partial charge in [0.15, 0.2) is 0 Å². The molecule has 1 heterocycles. The van der Waals surface area contributed by atoms with E-state index in [1.807, 2.05) is 24.3 Å². The molecule has 0 bridgehead atoms. The predicted octanol–water partition coefficient (Wildman–Crippen LogP) is 5.13. The number of rotatable bonds is 3. The number of benzene rings is 3. The van der Waals surface area contributed by atoms with Gasteiger partial charge in [0.05, 0.1) is 18.4 Å². The average molecular weight is 353 g/mol. The Balaban J connectivity index is 1.79. The van der Waals surface area contributed by atoms with E-state index in [-0.39, 0.29) is 0 Å². The monoisotopic (exact) mass is 353 g/mol. The lowest BCUT2D eigenvalue weighted by atomic mass is 10.1. The second-order valence-corrected chi connectivity index (χ2v) is 5.73. The van der Waals surface area contributed by atoms with Crippen molar-refractivity contribution in [1.29, 1.82) is 0 Å². The van der Waals surface area contributed by atoms with Crippen molar-refractivity contribution in [3.05, 3.63) is 71.8 Å². The lowest BCUT2D eigenvalue weighted by molar-refractivity contribution is 0.102. The molecule has 0 unspecified atom stereocenters. The molecule has 1 N–H and O–H groups in total. The number of carbonyl (C=O) groups excluding carboxylic acids is 1. The van der Waals surface area contributed by atoms with Crippen molar-refractivity contribution in [1.82, 2.24) is 0 Å². The average Bonchev–Trinajstić information content (AvgIpc) is 3.00. The van der Waals surface area contributed by atoms with Crippen molar-refractivity contribution in [2.24, 2.45) is 0 Å². The van der Waals surface area contributed by atoms with E-state index in [9.17, 15) is 13.6 Å². The van der Waals surface area contributed by atoms with E-state index in [0.29, 0.717) is 22.6 Å². The number of para-hydroxylation sites is 1. The molecule has 0 atom stereocenters. The summed E-state index contributed by atoms with van der Waals surface area (Å²) in [5.74, 6) is -1.91. The minimum atomic E-state index is -0.812. The Morgan fingerprint density at radius 3 is 2.62 bits per heavy atom. The number of amides is 1. The first-order valence-electron chi connectivity index (χ1n) is 7.82. The van der Waals surface area contributed by atoms with Gasteiger partial charge < -0.3 is 14.5 Å². The van der Waals surface area contributed by atoms with Crippen molar-refractivity contribution in [3.8, 4) is 5.75 Å². The lowest BCUT2D eigenvalue weighted by Crippen LogP contribution is -2.14. The second-order valence-electron chi connectivity index (χ2n) is 5.73. The van der Waals surface area contributed by atoms with Crippen molar-refractivity contribution in [3.63, 3.8) is 0 Å². The van der Waals surface area contributed by atoms with Gasteiger partial charge in [-0.15, -0.1) is 0 Å². The van der Waals surface area contributed by atoms with Gasteiger partial charge in [-0.25, -0.2) is 8.78 Å². The van der Waals surface area contributed by atoms with Gasteiger partial charge in [-0.3, -0.25) is 4.79 Å². The van der Waals surface area contributed by atoms with Crippen LogP contribution in [0.4, 0.5) is 14.5 Å². The Morgan fingerprint density at radius 2 is 1.81 bits per heavy atom. The Morgan fingerprint density at radius 1 is 1.00 bits per heavy atom. The molecule has 0 radical (unpaired) electrons. The molecule has 130 valence electrons. The number of anilines is 1. The minimum Gasteiger partial charge on any atom is -0.495 e. The first-order valence-corrected chi connectivity index (χ1v) is 7.82. The molecule has 6 heteroatoms. The number of hydrogen-bond donors (Lipinski definition) is 1. The van der Waals surface area contributed by atoms with Crippen LogP contribution >= 0.6 is 0 Å². The summed E-state index contributed by atoms with van der Waals surface area (Å²) in [4.78, 5) is 12.4. The van der Waals surface area contributed by atoms with Crippen LogP contribution in [0, 0.1) is 11.6 Å². The highest BCUT2D eigenvalue weighted by Crippen LogP contribution is 2.36. The number of ether oxygens (including phenoxy) is 1. The summed E-state index contributed by atoms with van der Waals surface area (Å²) in [6.45, 7) is 0. The van der Waals surface area contributed by atoms with Crippen LogP contribution in [-0.2, 0) is 0 Å². The molecule has 4 rings (SSSR count). The highest BCUT2D eigenvalue weighted by atomic mass is 19.1. The summed E-state index contributed by atoms with van der Waals surface area (Å²) in [5, 5.41) is 4.29. The summed E-state index contributed by atoms with van der Waals surface area (Å²) in [5.41, 5.74) is 1.15. The Labute approximate surface area is 147 Å². The van der Waals surface area contributed by atoms with E-state index >= 15 is 0 Å². The summed E-state index contributed by atoms with van der Waals surface area (Å²) in [6.07, 6.45) is 0. The fourth-order valence-electron chi connectivity index (χ4n) is 2.88. The molecule has 26 heavy (non-hydrogen) atoms. The molecule has 0 spiro atoms. The zero-order chi connectivity index (χ0) is 18.3. The van der Waals surface area contributed by atoms with Crippen LogP contribution in [0.25, 0.3) is 21.9 Å². The molecular weight excluding hydrogens is 340 g/mol. The molecule has 0 aliphatic rings. The van der Waals surface area contributed by atoms with Crippen molar-refractivity contribution < 1.29 is 22.7 Å². The number of methoxy groups -OCH3 is 1. The van der Waals surface area contributed by atoms with E-state index in [1.165, 1.54) is 7.11 Å². The number of halogens is 2. The smallest absolute Gasteiger partial charge is 0.258 e. The number of carbonyl (C=O) groups is 1. The van der Waals surface area contributed by atoms with Crippen molar-refractivity contribution >= 4 is 33.5 Å². The summed E-state index contributed by atoms with van der Waals surface area (Å²) < 4.78 is 38.3. The summed E-state index contributed by atoms with van der Waals surface area (Å²) >= 11 is 0. The van der Waals surface area contributed by atoms with Gasteiger partial charge >= 0.3 is 0 Å². The quantitative estimate of drug-likeness (QED) is 0.556. The van der Waals surface area contributed by atoms with Crippen LogP contribution in [0.2, 0.25) is 0 Å². The molecule has 0 aliphatic carbocycles. The fraction of sp³-hybridized carbons (Fsp3) is 0.0500. The molecule has 4 aromatic rings. The summed E-state index contributed by atoms with van der Waals surface area (Å²) in [6, 6.07) is 13.5. The standard InChI is InChI=1S/C20H13F2NO3/c1-25-19-9-13-12-4-2-3-5-17(12)26-18(13)10-16(19)23-20(24)14-8-11(21)6-7-15(14)22/h2-10H,1H3,(H,23,24).